The van der Waals surface area contributed by atoms with Crippen LogP contribution in [0.2, 0.25) is 0 Å². The molecule has 0 saturated carbocycles. The Kier molecular flexibility index (Phi) is 3.37. The van der Waals surface area contributed by atoms with Crippen LogP contribution in [0.25, 0.3) is 0 Å². The first-order valence-corrected chi connectivity index (χ1v) is 5.33. The van der Waals surface area contributed by atoms with Gasteiger partial charge < -0.3 is 9.47 Å². The minimum absolute atomic E-state index is 0.0829. The van der Waals surface area contributed by atoms with Gasteiger partial charge in [-0.05, 0) is 0 Å². The summed E-state index contributed by atoms with van der Waals surface area (Å²) < 4.78 is 39.1. The van der Waals surface area contributed by atoms with E-state index in [0.717, 1.165) is 0 Å². The fraction of sp³-hybridized carbons (Fsp3) is 0.500. The highest BCUT2D eigenvalue weighted by Gasteiger charge is 2.13. The highest BCUT2D eigenvalue weighted by atomic mass is 32.2. The van der Waals surface area contributed by atoms with Crippen LogP contribution < -0.4 is 9.47 Å². The fourth-order valence-corrected chi connectivity index (χ4v) is 1.24. The van der Waals surface area contributed by atoms with E-state index in [4.69, 9.17) is 14.0 Å². The SMILES string of the molecule is COc1nc(CS(=O)(=O)O)nc(OC)n1. The Morgan fingerprint density at radius 1 is 1.13 bits per heavy atom. The van der Waals surface area contributed by atoms with Crippen LogP contribution in [0.1, 0.15) is 5.82 Å². The van der Waals surface area contributed by atoms with Gasteiger partial charge in [-0.15, -0.1) is 4.98 Å². The summed E-state index contributed by atoms with van der Waals surface area (Å²) in [6.45, 7) is 0. The van der Waals surface area contributed by atoms with Crippen molar-refractivity contribution in [2.75, 3.05) is 14.2 Å². The Morgan fingerprint density at radius 2 is 1.60 bits per heavy atom. The van der Waals surface area contributed by atoms with Gasteiger partial charge in [0.15, 0.2) is 5.82 Å². The zero-order valence-corrected chi connectivity index (χ0v) is 8.85. The number of hydrogen-bond donors (Lipinski definition) is 1. The lowest BCUT2D eigenvalue weighted by Crippen LogP contribution is -2.09. The summed E-state index contributed by atoms with van der Waals surface area (Å²) in [5.41, 5.74) is 0. The molecule has 0 aliphatic heterocycles. The van der Waals surface area contributed by atoms with Crippen molar-refractivity contribution in [2.45, 2.75) is 5.75 Å². The van der Waals surface area contributed by atoms with E-state index in [0.29, 0.717) is 0 Å². The molecule has 0 aromatic carbocycles. The average Bonchev–Trinajstić information content (AvgIpc) is 2.14. The monoisotopic (exact) mass is 235 g/mol. The summed E-state index contributed by atoms with van der Waals surface area (Å²) in [5.74, 6) is -0.872. The third-order valence-corrected chi connectivity index (χ3v) is 1.94. The normalized spacial score (nSPS) is 11.1. The average molecular weight is 235 g/mol. The first-order valence-electron chi connectivity index (χ1n) is 3.72. The van der Waals surface area contributed by atoms with Gasteiger partial charge in [0, 0.05) is 0 Å². The summed E-state index contributed by atoms with van der Waals surface area (Å²) in [4.78, 5) is 10.9. The predicted molar refractivity (Wildman–Crippen MR) is 48.2 cm³/mol. The maximum absolute atomic E-state index is 10.6. The Bertz CT molecular complexity index is 424. The molecular weight excluding hydrogens is 226 g/mol. The molecule has 9 heteroatoms. The molecule has 0 radical (unpaired) electrons. The molecule has 0 unspecified atom stereocenters. The molecule has 1 N–H and O–H groups in total. The fourth-order valence-electron chi connectivity index (χ4n) is 0.788. The smallest absolute Gasteiger partial charge is 0.322 e. The van der Waals surface area contributed by atoms with Gasteiger partial charge in [-0.1, -0.05) is 0 Å². The molecular formula is C6H9N3O5S. The Labute approximate surface area is 86.0 Å². The van der Waals surface area contributed by atoms with Crippen molar-refractivity contribution in [3.8, 4) is 12.0 Å². The summed E-state index contributed by atoms with van der Waals surface area (Å²) in [7, 11) is -1.57. The van der Waals surface area contributed by atoms with E-state index in [1.807, 2.05) is 0 Å². The van der Waals surface area contributed by atoms with Crippen molar-refractivity contribution in [1.29, 1.82) is 0 Å². The van der Waals surface area contributed by atoms with Crippen molar-refractivity contribution >= 4 is 10.1 Å². The molecule has 1 heterocycles. The van der Waals surface area contributed by atoms with Crippen LogP contribution in [0.3, 0.4) is 0 Å². The molecule has 1 aromatic heterocycles. The van der Waals surface area contributed by atoms with E-state index < -0.39 is 15.9 Å². The minimum Gasteiger partial charge on any atom is -0.467 e. The zero-order valence-electron chi connectivity index (χ0n) is 8.04. The largest absolute Gasteiger partial charge is 0.467 e. The van der Waals surface area contributed by atoms with E-state index in [1.54, 1.807) is 0 Å². The highest BCUT2D eigenvalue weighted by molar-refractivity contribution is 7.84. The lowest BCUT2D eigenvalue weighted by molar-refractivity contribution is 0.337. The Morgan fingerprint density at radius 3 is 1.93 bits per heavy atom. The molecule has 0 saturated heterocycles. The molecule has 0 spiro atoms. The first-order chi connectivity index (χ1) is 6.94. The van der Waals surface area contributed by atoms with Crippen LogP contribution in [0.5, 0.6) is 12.0 Å². The van der Waals surface area contributed by atoms with Gasteiger partial charge in [-0.3, -0.25) is 4.55 Å². The van der Waals surface area contributed by atoms with Crippen molar-refractivity contribution < 1.29 is 22.4 Å². The van der Waals surface area contributed by atoms with Gasteiger partial charge in [0.25, 0.3) is 10.1 Å². The van der Waals surface area contributed by atoms with Gasteiger partial charge in [-0.2, -0.15) is 18.4 Å². The summed E-state index contributed by atoms with van der Waals surface area (Å²) in [6, 6.07) is -0.166. The molecule has 1 aromatic rings. The quantitative estimate of drug-likeness (QED) is 0.680. The van der Waals surface area contributed by atoms with E-state index in [1.165, 1.54) is 14.2 Å². The molecule has 15 heavy (non-hydrogen) atoms. The molecule has 0 aliphatic carbocycles. The van der Waals surface area contributed by atoms with Crippen LogP contribution >= 0.6 is 0 Å². The number of nitrogens with zero attached hydrogens (tertiary/aromatic N) is 3. The summed E-state index contributed by atoms with van der Waals surface area (Å²) in [5, 5.41) is 0. The van der Waals surface area contributed by atoms with Crippen molar-refractivity contribution in [3.63, 3.8) is 0 Å². The highest BCUT2D eigenvalue weighted by Crippen LogP contribution is 2.10. The second-order valence-electron chi connectivity index (χ2n) is 2.45. The lowest BCUT2D eigenvalue weighted by atomic mass is 10.7. The van der Waals surface area contributed by atoms with Crippen LogP contribution in [0.4, 0.5) is 0 Å². The standard InChI is InChI=1S/C6H9N3O5S/c1-13-5-7-4(3-15(10,11)12)8-6(9-5)14-2/h3H2,1-2H3,(H,10,11,12). The van der Waals surface area contributed by atoms with E-state index >= 15 is 0 Å². The van der Waals surface area contributed by atoms with E-state index in [-0.39, 0.29) is 17.8 Å². The van der Waals surface area contributed by atoms with Crippen LogP contribution in [-0.2, 0) is 15.9 Å². The second kappa shape index (κ2) is 4.36. The lowest BCUT2D eigenvalue weighted by Gasteiger charge is -2.03. The van der Waals surface area contributed by atoms with Gasteiger partial charge in [0.2, 0.25) is 0 Å². The molecule has 0 amide bonds. The van der Waals surface area contributed by atoms with Gasteiger partial charge in [0.1, 0.15) is 5.75 Å². The second-order valence-corrected chi connectivity index (χ2v) is 3.90. The van der Waals surface area contributed by atoms with Crippen LogP contribution in [-0.4, -0.2) is 42.1 Å². The van der Waals surface area contributed by atoms with Crippen molar-refractivity contribution in [3.05, 3.63) is 5.82 Å². The topological polar surface area (TPSA) is 112 Å². The van der Waals surface area contributed by atoms with Gasteiger partial charge in [0.05, 0.1) is 14.2 Å². The molecule has 0 fully saturated rings. The summed E-state index contributed by atoms with van der Waals surface area (Å²) in [6.07, 6.45) is 0. The number of aromatic nitrogens is 3. The summed E-state index contributed by atoms with van der Waals surface area (Å²) >= 11 is 0. The van der Waals surface area contributed by atoms with Crippen LogP contribution in [0, 0.1) is 0 Å². The molecule has 1 rings (SSSR count). The molecule has 8 nitrogen and oxygen atoms in total. The number of rotatable bonds is 4. The maximum Gasteiger partial charge on any atom is 0.322 e. The minimum atomic E-state index is -4.19. The molecule has 0 bridgehead atoms. The zero-order chi connectivity index (χ0) is 11.5. The predicted octanol–water partition coefficient (Wildman–Crippen LogP) is -0.723. The Balaban J connectivity index is 3.07. The van der Waals surface area contributed by atoms with Gasteiger partial charge >= 0.3 is 12.0 Å². The number of ether oxygens (including phenoxy) is 2. The van der Waals surface area contributed by atoms with Crippen molar-refractivity contribution in [1.82, 2.24) is 15.0 Å². The van der Waals surface area contributed by atoms with E-state index in [9.17, 15) is 8.42 Å². The maximum atomic E-state index is 10.6. The Hall–Kier alpha value is -1.48. The number of methoxy groups -OCH3 is 2. The van der Waals surface area contributed by atoms with Crippen molar-refractivity contribution in [2.24, 2.45) is 0 Å². The van der Waals surface area contributed by atoms with Gasteiger partial charge in [-0.25, -0.2) is 0 Å². The third kappa shape index (κ3) is 3.64. The van der Waals surface area contributed by atoms with Crippen LogP contribution in [0.15, 0.2) is 0 Å². The van der Waals surface area contributed by atoms with E-state index in [2.05, 4.69) is 15.0 Å². The third-order valence-electron chi connectivity index (χ3n) is 1.32. The molecule has 84 valence electrons. The first kappa shape index (κ1) is 11.6. The molecule has 0 aliphatic rings. The number of hydrogen-bond acceptors (Lipinski definition) is 7. The molecule has 0 atom stereocenters.